The number of carbonyl (C=O) groups excluding carboxylic acids is 1. The molecule has 0 aliphatic heterocycles. The van der Waals surface area contributed by atoms with Crippen molar-refractivity contribution >= 4 is 17.5 Å². The summed E-state index contributed by atoms with van der Waals surface area (Å²) < 4.78 is 1.65. The smallest absolute Gasteiger partial charge is 0.257 e. The number of nitrogens with one attached hydrogen (secondary N) is 2. The van der Waals surface area contributed by atoms with E-state index in [0.717, 1.165) is 17.9 Å². The van der Waals surface area contributed by atoms with Crippen LogP contribution < -0.4 is 10.6 Å². The molecule has 0 atom stereocenters. The summed E-state index contributed by atoms with van der Waals surface area (Å²) in [4.78, 5) is 16.6. The van der Waals surface area contributed by atoms with Gasteiger partial charge in [-0.25, -0.2) is 4.98 Å². The molecular formula is C14H19N5O. The number of aryl methyl sites for hydroxylation is 3. The zero-order chi connectivity index (χ0) is 14.7. The van der Waals surface area contributed by atoms with Crippen molar-refractivity contribution in [3.8, 4) is 0 Å². The molecule has 2 aromatic heterocycles. The summed E-state index contributed by atoms with van der Waals surface area (Å²) >= 11 is 0. The first kappa shape index (κ1) is 14.0. The van der Waals surface area contributed by atoms with Gasteiger partial charge in [0.1, 0.15) is 11.6 Å². The fraction of sp³-hybridized carbons (Fsp3) is 0.357. The lowest BCUT2D eigenvalue weighted by molar-refractivity contribution is 0.102. The highest BCUT2D eigenvalue weighted by Gasteiger charge is 2.11. The van der Waals surface area contributed by atoms with Crippen LogP contribution in [-0.4, -0.2) is 27.2 Å². The minimum atomic E-state index is -0.169. The Hall–Kier alpha value is -2.37. The van der Waals surface area contributed by atoms with E-state index in [4.69, 9.17) is 0 Å². The van der Waals surface area contributed by atoms with Crippen LogP contribution in [-0.2, 0) is 7.05 Å². The molecule has 0 aliphatic rings. The van der Waals surface area contributed by atoms with Gasteiger partial charge >= 0.3 is 0 Å². The summed E-state index contributed by atoms with van der Waals surface area (Å²) in [6.07, 6.45) is 0. The molecule has 0 fully saturated rings. The van der Waals surface area contributed by atoms with E-state index in [-0.39, 0.29) is 5.91 Å². The first-order chi connectivity index (χ1) is 9.49. The summed E-state index contributed by atoms with van der Waals surface area (Å²) in [5.74, 6) is 1.21. The van der Waals surface area contributed by atoms with Crippen LogP contribution in [0.2, 0.25) is 0 Å². The van der Waals surface area contributed by atoms with Gasteiger partial charge < -0.3 is 10.6 Å². The zero-order valence-electron chi connectivity index (χ0n) is 12.2. The van der Waals surface area contributed by atoms with E-state index < -0.39 is 0 Å². The van der Waals surface area contributed by atoms with E-state index in [9.17, 15) is 4.79 Å². The largest absolute Gasteiger partial charge is 0.370 e. The highest BCUT2D eigenvalue weighted by atomic mass is 16.1. The predicted molar refractivity (Wildman–Crippen MR) is 79.0 cm³/mol. The molecule has 0 bridgehead atoms. The van der Waals surface area contributed by atoms with Gasteiger partial charge in [0, 0.05) is 30.9 Å². The van der Waals surface area contributed by atoms with Crippen LogP contribution in [0.25, 0.3) is 0 Å². The molecule has 6 nitrogen and oxygen atoms in total. The third kappa shape index (κ3) is 3.14. The van der Waals surface area contributed by atoms with Crippen molar-refractivity contribution in [1.82, 2.24) is 14.8 Å². The normalized spacial score (nSPS) is 10.4. The second-order valence-corrected chi connectivity index (χ2v) is 4.66. The molecule has 106 valence electrons. The maximum atomic E-state index is 12.3. The molecule has 0 saturated heterocycles. The molecule has 6 heteroatoms. The van der Waals surface area contributed by atoms with Crippen molar-refractivity contribution in [2.45, 2.75) is 20.8 Å². The van der Waals surface area contributed by atoms with Gasteiger partial charge in [-0.1, -0.05) is 0 Å². The minimum Gasteiger partial charge on any atom is -0.370 e. The van der Waals surface area contributed by atoms with Gasteiger partial charge in [0.15, 0.2) is 0 Å². The average Bonchev–Trinajstić information content (AvgIpc) is 2.67. The van der Waals surface area contributed by atoms with Crippen molar-refractivity contribution in [3.05, 3.63) is 35.2 Å². The van der Waals surface area contributed by atoms with Crippen LogP contribution in [0.4, 0.5) is 11.6 Å². The van der Waals surface area contributed by atoms with Gasteiger partial charge in [-0.05, 0) is 32.9 Å². The van der Waals surface area contributed by atoms with Gasteiger partial charge in [0.05, 0.1) is 5.69 Å². The average molecular weight is 273 g/mol. The molecule has 0 radical (unpaired) electrons. The van der Waals surface area contributed by atoms with Crippen LogP contribution in [0.5, 0.6) is 0 Å². The number of anilines is 2. The molecular weight excluding hydrogens is 254 g/mol. The van der Waals surface area contributed by atoms with Crippen molar-refractivity contribution < 1.29 is 4.79 Å². The molecule has 0 unspecified atom stereocenters. The lowest BCUT2D eigenvalue weighted by Gasteiger charge is -2.08. The van der Waals surface area contributed by atoms with Gasteiger partial charge in [0.2, 0.25) is 0 Å². The molecule has 2 N–H and O–H groups in total. The first-order valence-electron chi connectivity index (χ1n) is 6.54. The first-order valence-corrected chi connectivity index (χ1v) is 6.54. The van der Waals surface area contributed by atoms with Crippen LogP contribution in [0.15, 0.2) is 18.2 Å². The third-order valence-electron chi connectivity index (χ3n) is 2.82. The Morgan fingerprint density at radius 3 is 2.60 bits per heavy atom. The number of amides is 1. The number of hydrogen-bond donors (Lipinski definition) is 2. The van der Waals surface area contributed by atoms with Crippen LogP contribution >= 0.6 is 0 Å². The Bertz CT molecular complexity index is 632. The van der Waals surface area contributed by atoms with Crippen molar-refractivity contribution in [2.75, 3.05) is 17.2 Å². The van der Waals surface area contributed by atoms with E-state index in [1.54, 1.807) is 23.9 Å². The highest BCUT2D eigenvalue weighted by Crippen LogP contribution is 2.14. The van der Waals surface area contributed by atoms with Crippen molar-refractivity contribution in [3.63, 3.8) is 0 Å². The molecule has 1 amide bonds. The highest BCUT2D eigenvalue weighted by molar-refractivity contribution is 6.04. The number of pyridine rings is 1. The Labute approximate surface area is 118 Å². The quantitative estimate of drug-likeness (QED) is 0.895. The van der Waals surface area contributed by atoms with Crippen LogP contribution in [0, 0.1) is 13.8 Å². The summed E-state index contributed by atoms with van der Waals surface area (Å²) in [7, 11) is 1.80. The second-order valence-electron chi connectivity index (χ2n) is 4.66. The lowest BCUT2D eigenvalue weighted by atomic mass is 10.2. The lowest BCUT2D eigenvalue weighted by Crippen LogP contribution is -2.15. The summed E-state index contributed by atoms with van der Waals surface area (Å²) in [6.45, 7) is 6.50. The summed E-state index contributed by atoms with van der Waals surface area (Å²) in [6, 6.07) is 5.34. The number of nitrogens with zero attached hydrogens (tertiary/aromatic N) is 3. The fourth-order valence-corrected chi connectivity index (χ4v) is 1.99. The Morgan fingerprint density at radius 2 is 2.00 bits per heavy atom. The molecule has 0 aromatic carbocycles. The molecule has 2 rings (SSSR count). The predicted octanol–water partition coefficient (Wildman–Crippen LogP) is 2.12. The van der Waals surface area contributed by atoms with Crippen LogP contribution in [0.1, 0.15) is 28.7 Å². The molecule has 0 saturated carbocycles. The van der Waals surface area contributed by atoms with Crippen molar-refractivity contribution in [1.29, 1.82) is 0 Å². The summed E-state index contributed by atoms with van der Waals surface area (Å²) in [5, 5.41) is 10.2. The second kappa shape index (κ2) is 5.73. The van der Waals surface area contributed by atoms with E-state index >= 15 is 0 Å². The van der Waals surface area contributed by atoms with E-state index in [2.05, 4.69) is 20.7 Å². The van der Waals surface area contributed by atoms with Crippen molar-refractivity contribution in [2.24, 2.45) is 7.05 Å². The molecule has 20 heavy (non-hydrogen) atoms. The number of carbonyl (C=O) groups is 1. The number of aromatic nitrogens is 3. The molecule has 0 aliphatic carbocycles. The van der Waals surface area contributed by atoms with E-state index in [1.807, 2.05) is 26.8 Å². The maximum Gasteiger partial charge on any atom is 0.257 e. The van der Waals surface area contributed by atoms with E-state index in [1.165, 1.54) is 0 Å². The third-order valence-corrected chi connectivity index (χ3v) is 2.82. The minimum absolute atomic E-state index is 0.169. The van der Waals surface area contributed by atoms with Gasteiger partial charge in [-0.2, -0.15) is 5.10 Å². The van der Waals surface area contributed by atoms with E-state index in [0.29, 0.717) is 17.2 Å². The molecule has 2 heterocycles. The monoisotopic (exact) mass is 273 g/mol. The number of hydrogen-bond acceptors (Lipinski definition) is 4. The standard InChI is InChI=1S/C14H19N5O/c1-5-15-12-8-11(6-9(2)16-12)14(20)17-13-7-10(3)18-19(13)4/h6-8H,5H2,1-4H3,(H,15,16)(H,17,20). The summed E-state index contributed by atoms with van der Waals surface area (Å²) in [5.41, 5.74) is 2.24. The van der Waals surface area contributed by atoms with Gasteiger partial charge in [-0.15, -0.1) is 0 Å². The Balaban J connectivity index is 2.22. The molecule has 0 spiro atoms. The Kier molecular flexibility index (Phi) is 4.02. The zero-order valence-corrected chi connectivity index (χ0v) is 12.2. The Morgan fingerprint density at radius 1 is 1.25 bits per heavy atom. The topological polar surface area (TPSA) is 71.8 Å². The van der Waals surface area contributed by atoms with Gasteiger partial charge in [0.25, 0.3) is 5.91 Å². The fourth-order valence-electron chi connectivity index (χ4n) is 1.99. The maximum absolute atomic E-state index is 12.3. The number of rotatable bonds is 4. The SMILES string of the molecule is CCNc1cc(C(=O)Nc2cc(C)nn2C)cc(C)n1. The van der Waals surface area contributed by atoms with Gasteiger partial charge in [-0.3, -0.25) is 9.48 Å². The van der Waals surface area contributed by atoms with Crippen LogP contribution in [0.3, 0.4) is 0 Å². The molecule has 2 aromatic rings.